The Morgan fingerprint density at radius 3 is 2.72 bits per heavy atom. The highest BCUT2D eigenvalue weighted by Gasteiger charge is 2.37. The Morgan fingerprint density at radius 2 is 2.00 bits per heavy atom. The molecule has 0 bridgehead atoms. The van der Waals surface area contributed by atoms with E-state index in [1.165, 1.54) is 10.5 Å². The number of carboxylic acids is 1. The number of methoxy groups -OCH3 is 1. The predicted octanol–water partition coefficient (Wildman–Crippen LogP) is 1.83. The third kappa shape index (κ3) is 7.25. The molecule has 0 unspecified atom stereocenters. The molecule has 0 spiro atoms. The summed E-state index contributed by atoms with van der Waals surface area (Å²) in [5, 5.41) is 12.5. The Hall–Kier alpha value is -3.67. The monoisotopic (exact) mass is 540 g/mol. The smallest absolute Gasteiger partial charge is 0.303 e. The van der Waals surface area contributed by atoms with Crippen molar-refractivity contribution >= 4 is 23.5 Å². The maximum atomic E-state index is 13.1. The molecule has 11 nitrogen and oxygen atoms in total. The molecule has 4 N–H and O–H groups in total. The molecule has 0 aliphatic carbocycles. The first-order valence-corrected chi connectivity index (χ1v) is 13.1. The highest BCUT2D eigenvalue weighted by molar-refractivity contribution is 6.01. The van der Waals surface area contributed by atoms with Crippen LogP contribution in [-0.4, -0.2) is 85.3 Å². The van der Waals surface area contributed by atoms with Crippen molar-refractivity contribution in [3.05, 3.63) is 58.7 Å². The molecule has 2 aliphatic rings. The molecule has 0 radical (unpaired) electrons. The molecule has 1 atom stereocenters. The largest absolute Gasteiger partial charge is 0.488 e. The third-order valence-corrected chi connectivity index (χ3v) is 6.98. The highest BCUT2D eigenvalue weighted by atomic mass is 16.5. The van der Waals surface area contributed by atoms with E-state index >= 15 is 0 Å². The van der Waals surface area contributed by atoms with Crippen molar-refractivity contribution in [1.29, 1.82) is 0 Å². The molecule has 0 saturated carbocycles. The van der Waals surface area contributed by atoms with Gasteiger partial charge in [-0.15, -0.1) is 0 Å². The van der Waals surface area contributed by atoms with Crippen molar-refractivity contribution in [3.63, 3.8) is 0 Å². The Morgan fingerprint density at radius 1 is 1.21 bits per heavy atom. The van der Waals surface area contributed by atoms with Crippen LogP contribution in [0.25, 0.3) is 0 Å². The maximum absolute atomic E-state index is 13.1. The molecule has 210 valence electrons. The van der Waals surface area contributed by atoms with Crippen LogP contribution in [0.5, 0.6) is 5.75 Å². The standard InChI is InChI=1S/C28H36N4O7/c1-37-12-9-30-23-15-19(16-31-10-13-38-14-11-31)5-6-20(23)18-39-25-4-2-3-21-22(25)17-32(28(21)36)24(27(29)35)7-8-26(33)34/h2-6,15,24,30H,7-14,16-18H2,1H3,(H2,29,35)(H,33,34)/t24-/m0/s1. The van der Waals surface area contributed by atoms with Crippen LogP contribution < -0.4 is 15.8 Å². The van der Waals surface area contributed by atoms with E-state index in [0.29, 0.717) is 30.0 Å². The van der Waals surface area contributed by atoms with Crippen molar-refractivity contribution in [2.45, 2.75) is 38.6 Å². The third-order valence-electron chi connectivity index (χ3n) is 6.98. The number of nitrogens with zero attached hydrogens (tertiary/aromatic N) is 2. The fraction of sp³-hybridized carbons (Fsp3) is 0.464. The van der Waals surface area contributed by atoms with Gasteiger partial charge in [-0.25, -0.2) is 0 Å². The summed E-state index contributed by atoms with van der Waals surface area (Å²) in [5.41, 5.74) is 9.69. The number of benzene rings is 2. The van der Waals surface area contributed by atoms with Crippen molar-refractivity contribution in [3.8, 4) is 5.75 Å². The molecule has 1 fully saturated rings. The molecule has 2 aliphatic heterocycles. The number of primary amides is 1. The number of anilines is 1. The fourth-order valence-electron chi connectivity index (χ4n) is 4.90. The first kappa shape index (κ1) is 28.3. The Kier molecular flexibility index (Phi) is 9.74. The minimum atomic E-state index is -1.06. The Balaban J connectivity index is 1.49. The number of fused-ring (bicyclic) bond motifs is 1. The fourth-order valence-corrected chi connectivity index (χ4v) is 4.90. The minimum Gasteiger partial charge on any atom is -0.488 e. The SMILES string of the molecule is COCCNc1cc(CN2CCOCC2)ccc1COc1cccc2c1CN([C@@H](CCC(=O)O)C(N)=O)C2=O. The summed E-state index contributed by atoms with van der Waals surface area (Å²) in [6.07, 6.45) is -0.314. The van der Waals surface area contributed by atoms with Crippen LogP contribution in [0.15, 0.2) is 36.4 Å². The molecule has 1 saturated heterocycles. The van der Waals surface area contributed by atoms with Crippen LogP contribution >= 0.6 is 0 Å². The first-order chi connectivity index (χ1) is 18.9. The van der Waals surface area contributed by atoms with Crippen LogP contribution in [0.2, 0.25) is 0 Å². The number of nitrogens with one attached hydrogen (secondary N) is 1. The average Bonchev–Trinajstić information content (AvgIpc) is 3.25. The van der Waals surface area contributed by atoms with Crippen LogP contribution in [-0.2, 0) is 38.8 Å². The lowest BCUT2D eigenvalue weighted by Crippen LogP contribution is -2.45. The maximum Gasteiger partial charge on any atom is 0.303 e. The summed E-state index contributed by atoms with van der Waals surface area (Å²) >= 11 is 0. The zero-order valence-corrected chi connectivity index (χ0v) is 22.2. The second kappa shape index (κ2) is 13.4. The van der Waals surface area contributed by atoms with Crippen molar-refractivity contribution < 1.29 is 33.7 Å². The number of ether oxygens (including phenoxy) is 3. The Labute approximate surface area is 227 Å². The lowest BCUT2D eigenvalue weighted by molar-refractivity contribution is -0.137. The number of amides is 2. The molecule has 2 aromatic rings. The summed E-state index contributed by atoms with van der Waals surface area (Å²) in [6, 6.07) is 10.5. The zero-order valence-electron chi connectivity index (χ0n) is 22.2. The van der Waals surface area contributed by atoms with Crippen LogP contribution in [0, 0.1) is 0 Å². The van der Waals surface area contributed by atoms with E-state index in [-0.39, 0.29) is 31.9 Å². The predicted molar refractivity (Wildman–Crippen MR) is 143 cm³/mol. The molecule has 2 aromatic carbocycles. The van der Waals surface area contributed by atoms with E-state index in [9.17, 15) is 14.4 Å². The number of carbonyl (C=O) groups is 3. The van der Waals surface area contributed by atoms with E-state index in [1.807, 2.05) is 6.07 Å². The van der Waals surface area contributed by atoms with E-state index in [0.717, 1.165) is 44.1 Å². The number of carbonyl (C=O) groups excluding carboxylic acids is 2. The quantitative estimate of drug-likeness (QED) is 0.306. The van der Waals surface area contributed by atoms with Gasteiger partial charge in [-0.3, -0.25) is 19.3 Å². The minimum absolute atomic E-state index is 0.0477. The van der Waals surface area contributed by atoms with Gasteiger partial charge >= 0.3 is 5.97 Å². The molecule has 4 rings (SSSR count). The number of morpholine rings is 1. The summed E-state index contributed by atoms with van der Waals surface area (Å²) in [5.74, 6) is -1.62. The molecule has 2 amide bonds. The Bertz CT molecular complexity index is 1180. The lowest BCUT2D eigenvalue weighted by atomic mass is 10.1. The molecule has 2 heterocycles. The normalized spacial score (nSPS) is 16.1. The van der Waals surface area contributed by atoms with E-state index in [2.05, 4.69) is 22.3 Å². The van der Waals surface area contributed by atoms with E-state index in [1.54, 1.807) is 25.3 Å². The zero-order chi connectivity index (χ0) is 27.8. The summed E-state index contributed by atoms with van der Waals surface area (Å²) in [4.78, 5) is 39.9. The second-order valence-electron chi connectivity index (χ2n) is 9.65. The number of hydrogen-bond donors (Lipinski definition) is 3. The number of nitrogens with two attached hydrogens (primary N) is 1. The average molecular weight is 541 g/mol. The van der Waals surface area contributed by atoms with Gasteiger partial charge in [0.15, 0.2) is 0 Å². The van der Waals surface area contributed by atoms with Gasteiger partial charge in [-0.2, -0.15) is 0 Å². The van der Waals surface area contributed by atoms with Crippen molar-refractivity contribution in [1.82, 2.24) is 9.80 Å². The van der Waals surface area contributed by atoms with Gasteiger partial charge in [0, 0.05) is 62.1 Å². The van der Waals surface area contributed by atoms with E-state index in [4.69, 9.17) is 25.1 Å². The summed E-state index contributed by atoms with van der Waals surface area (Å²) in [6.45, 7) is 5.69. The van der Waals surface area contributed by atoms with Crippen LogP contribution in [0.4, 0.5) is 5.69 Å². The number of hydrogen-bond acceptors (Lipinski definition) is 8. The molecular formula is C28H36N4O7. The van der Waals surface area contributed by atoms with Gasteiger partial charge < -0.3 is 35.3 Å². The molecule has 11 heteroatoms. The molecule has 0 aromatic heterocycles. The topological polar surface area (TPSA) is 144 Å². The van der Waals surface area contributed by atoms with Gasteiger partial charge in [0.25, 0.3) is 5.91 Å². The van der Waals surface area contributed by atoms with Crippen LogP contribution in [0.3, 0.4) is 0 Å². The number of rotatable bonds is 14. The molecule has 39 heavy (non-hydrogen) atoms. The van der Waals surface area contributed by atoms with Gasteiger partial charge in [0.05, 0.1) is 26.4 Å². The summed E-state index contributed by atoms with van der Waals surface area (Å²) < 4.78 is 16.9. The first-order valence-electron chi connectivity index (χ1n) is 13.1. The van der Waals surface area contributed by atoms with Gasteiger partial charge in [-0.1, -0.05) is 18.2 Å². The summed E-state index contributed by atoms with van der Waals surface area (Å²) in [7, 11) is 1.66. The van der Waals surface area contributed by atoms with Gasteiger partial charge in [0.2, 0.25) is 5.91 Å². The van der Waals surface area contributed by atoms with E-state index < -0.39 is 17.9 Å². The number of carboxylic acid groups (broad SMARTS) is 1. The lowest BCUT2D eigenvalue weighted by Gasteiger charge is -2.27. The van der Waals surface area contributed by atoms with Crippen molar-refractivity contribution in [2.75, 3.05) is 51.9 Å². The van der Waals surface area contributed by atoms with Gasteiger partial charge in [0.1, 0.15) is 18.4 Å². The highest BCUT2D eigenvalue weighted by Crippen LogP contribution is 2.34. The number of aliphatic carboxylic acids is 1. The molecular weight excluding hydrogens is 504 g/mol. The van der Waals surface area contributed by atoms with Crippen LogP contribution in [0.1, 0.15) is 39.9 Å². The second-order valence-corrected chi connectivity index (χ2v) is 9.65. The van der Waals surface area contributed by atoms with Gasteiger partial charge in [-0.05, 0) is 30.2 Å². The van der Waals surface area contributed by atoms with Crippen molar-refractivity contribution in [2.24, 2.45) is 5.73 Å².